The van der Waals surface area contributed by atoms with Crippen molar-refractivity contribution in [3.05, 3.63) is 29.8 Å². The molecule has 0 aliphatic carbocycles. The first-order valence-corrected chi connectivity index (χ1v) is 11.7. The summed E-state index contributed by atoms with van der Waals surface area (Å²) in [5.74, 6) is 2.68. The minimum absolute atomic E-state index is 0. The van der Waals surface area contributed by atoms with Crippen molar-refractivity contribution in [1.82, 2.24) is 20.0 Å². The van der Waals surface area contributed by atoms with Gasteiger partial charge in [-0.1, -0.05) is 12.1 Å². The first-order valence-electron chi connectivity index (χ1n) is 11.7. The molecule has 2 heterocycles. The topological polar surface area (TPSA) is 60.4 Å². The van der Waals surface area contributed by atoms with Crippen molar-refractivity contribution in [3.63, 3.8) is 0 Å². The lowest BCUT2D eigenvalue weighted by Gasteiger charge is -2.26. The zero-order chi connectivity index (χ0) is 22.2. The Morgan fingerprint density at radius 3 is 2.62 bits per heavy atom. The Hall–Kier alpha value is -1.55. The number of methoxy groups -OCH3 is 1. The summed E-state index contributed by atoms with van der Waals surface area (Å²) in [5.41, 5.74) is 1.37. The highest BCUT2D eigenvalue weighted by molar-refractivity contribution is 14.0. The van der Waals surface area contributed by atoms with Crippen molar-refractivity contribution < 1.29 is 9.53 Å². The highest BCUT2D eigenvalue weighted by Crippen LogP contribution is 2.28. The van der Waals surface area contributed by atoms with Gasteiger partial charge in [-0.3, -0.25) is 14.7 Å². The second kappa shape index (κ2) is 13.2. The molecule has 2 atom stereocenters. The normalized spacial score (nSPS) is 21.4. The van der Waals surface area contributed by atoms with Crippen LogP contribution in [-0.4, -0.2) is 93.1 Å². The molecular weight excluding hydrogens is 517 g/mol. The number of hydrogen-bond donors (Lipinski definition) is 1. The van der Waals surface area contributed by atoms with Crippen molar-refractivity contribution in [2.45, 2.75) is 44.6 Å². The van der Waals surface area contributed by atoms with Crippen molar-refractivity contribution >= 4 is 35.8 Å². The lowest BCUT2D eigenvalue weighted by molar-refractivity contribution is -0.133. The zero-order valence-electron chi connectivity index (χ0n) is 20.0. The van der Waals surface area contributed by atoms with E-state index in [1.807, 2.05) is 26.2 Å². The number of likely N-dealkylation sites (tertiary alicyclic amines) is 2. The van der Waals surface area contributed by atoms with E-state index in [1.165, 1.54) is 5.56 Å². The van der Waals surface area contributed by atoms with Crippen LogP contribution in [0.5, 0.6) is 5.75 Å². The first kappa shape index (κ1) is 26.7. The van der Waals surface area contributed by atoms with E-state index >= 15 is 0 Å². The summed E-state index contributed by atoms with van der Waals surface area (Å²) >= 11 is 0. The molecule has 3 rings (SSSR count). The lowest BCUT2D eigenvalue weighted by Crippen LogP contribution is -2.43. The number of nitrogens with one attached hydrogen (secondary N) is 1. The van der Waals surface area contributed by atoms with Crippen LogP contribution in [-0.2, 0) is 4.79 Å². The van der Waals surface area contributed by atoms with Crippen LogP contribution in [0.4, 0.5) is 0 Å². The lowest BCUT2D eigenvalue weighted by atomic mass is 9.98. The number of carbonyl (C=O) groups excluding carboxylic acids is 1. The molecule has 1 N–H and O–H groups in total. The molecule has 0 radical (unpaired) electrons. The Morgan fingerprint density at radius 1 is 1.22 bits per heavy atom. The third-order valence-electron chi connectivity index (χ3n) is 6.36. The van der Waals surface area contributed by atoms with Gasteiger partial charge in [-0.2, -0.15) is 0 Å². The van der Waals surface area contributed by atoms with Gasteiger partial charge in [-0.25, -0.2) is 0 Å². The minimum atomic E-state index is 0. The predicted octanol–water partition coefficient (Wildman–Crippen LogP) is 3.01. The number of aliphatic imine (C=N–C) groups is 1. The van der Waals surface area contributed by atoms with E-state index in [4.69, 9.17) is 9.73 Å². The molecule has 2 unspecified atom stereocenters. The number of benzene rings is 1. The number of halogens is 1. The van der Waals surface area contributed by atoms with Gasteiger partial charge in [0.25, 0.3) is 0 Å². The smallest absolute Gasteiger partial charge is 0.239 e. The highest BCUT2D eigenvalue weighted by atomic mass is 127. The van der Waals surface area contributed by atoms with Gasteiger partial charge in [0.1, 0.15) is 5.75 Å². The molecule has 0 saturated carbocycles. The maximum Gasteiger partial charge on any atom is 0.239 e. The summed E-state index contributed by atoms with van der Waals surface area (Å²) in [4.78, 5) is 23.7. The van der Waals surface area contributed by atoms with E-state index in [-0.39, 0.29) is 35.9 Å². The summed E-state index contributed by atoms with van der Waals surface area (Å²) in [7, 11) is 5.40. The second-order valence-electron chi connectivity index (χ2n) is 8.72. The van der Waals surface area contributed by atoms with E-state index in [0.29, 0.717) is 5.92 Å². The Bertz CT molecular complexity index is 740. The van der Waals surface area contributed by atoms with Gasteiger partial charge in [0.2, 0.25) is 5.91 Å². The quantitative estimate of drug-likeness (QED) is 0.231. The Morgan fingerprint density at radius 2 is 1.97 bits per heavy atom. The van der Waals surface area contributed by atoms with Crippen molar-refractivity contribution in [2.75, 3.05) is 60.5 Å². The fraction of sp³-hybridized carbons (Fsp3) is 0.667. The van der Waals surface area contributed by atoms with E-state index in [1.54, 1.807) is 12.0 Å². The highest BCUT2D eigenvalue weighted by Gasteiger charge is 2.31. The van der Waals surface area contributed by atoms with Crippen LogP contribution >= 0.6 is 24.0 Å². The number of hydrogen-bond acceptors (Lipinski definition) is 4. The summed E-state index contributed by atoms with van der Waals surface area (Å²) < 4.78 is 5.28. The van der Waals surface area contributed by atoms with Crippen LogP contribution in [0.25, 0.3) is 0 Å². The average Bonchev–Trinajstić information content (AvgIpc) is 3.45. The van der Waals surface area contributed by atoms with E-state index in [2.05, 4.69) is 34.2 Å². The standard InChI is InChI=1S/C24H39N5O2.HI/c1-5-25-24(26-14-7-16-28-15-6-8-22(28)23(30)27(2)3)29-17-13-20(18-29)19-9-11-21(31-4)12-10-19;/h9-12,20,22H,5-8,13-18H2,1-4H3,(H,25,26);1H. The largest absolute Gasteiger partial charge is 0.497 e. The van der Waals surface area contributed by atoms with E-state index < -0.39 is 0 Å². The van der Waals surface area contributed by atoms with Gasteiger partial charge in [-0.05, 0) is 56.8 Å². The summed E-state index contributed by atoms with van der Waals surface area (Å²) in [6.45, 7) is 7.73. The number of carbonyl (C=O) groups is 1. The van der Waals surface area contributed by atoms with Crippen LogP contribution in [0.1, 0.15) is 44.1 Å². The van der Waals surface area contributed by atoms with Crippen molar-refractivity contribution in [3.8, 4) is 5.75 Å². The van der Waals surface area contributed by atoms with Gasteiger partial charge in [0.05, 0.1) is 13.2 Å². The summed E-state index contributed by atoms with van der Waals surface area (Å²) in [6.07, 6.45) is 4.20. The zero-order valence-corrected chi connectivity index (χ0v) is 22.4. The minimum Gasteiger partial charge on any atom is -0.497 e. The maximum atomic E-state index is 12.4. The maximum absolute atomic E-state index is 12.4. The molecule has 7 nitrogen and oxygen atoms in total. The molecule has 2 aliphatic heterocycles. The Kier molecular flexibility index (Phi) is 11.0. The molecule has 2 aliphatic rings. The van der Waals surface area contributed by atoms with Gasteiger partial charge >= 0.3 is 0 Å². The molecule has 32 heavy (non-hydrogen) atoms. The number of nitrogens with zero attached hydrogens (tertiary/aromatic N) is 4. The fourth-order valence-electron chi connectivity index (χ4n) is 4.66. The molecule has 2 saturated heterocycles. The molecule has 0 aromatic heterocycles. The molecule has 0 spiro atoms. The average molecular weight is 558 g/mol. The molecule has 180 valence electrons. The van der Waals surface area contributed by atoms with Gasteiger partial charge in [-0.15, -0.1) is 24.0 Å². The monoisotopic (exact) mass is 557 g/mol. The third-order valence-corrected chi connectivity index (χ3v) is 6.36. The molecule has 1 amide bonds. The molecule has 1 aromatic rings. The van der Waals surface area contributed by atoms with E-state index in [0.717, 1.165) is 76.7 Å². The van der Waals surface area contributed by atoms with Crippen LogP contribution in [0, 0.1) is 0 Å². The summed E-state index contributed by atoms with van der Waals surface area (Å²) in [5, 5.41) is 3.47. The van der Waals surface area contributed by atoms with Gasteiger partial charge < -0.3 is 19.9 Å². The number of amides is 1. The van der Waals surface area contributed by atoms with Crippen molar-refractivity contribution in [1.29, 1.82) is 0 Å². The Balaban J connectivity index is 0.00000363. The number of rotatable bonds is 8. The van der Waals surface area contributed by atoms with Crippen LogP contribution in [0.3, 0.4) is 0 Å². The fourth-order valence-corrected chi connectivity index (χ4v) is 4.66. The van der Waals surface area contributed by atoms with Gasteiger partial charge in [0.15, 0.2) is 5.96 Å². The molecular formula is C24H40IN5O2. The number of ether oxygens (including phenoxy) is 1. The van der Waals surface area contributed by atoms with Crippen molar-refractivity contribution in [2.24, 2.45) is 4.99 Å². The summed E-state index contributed by atoms with van der Waals surface area (Å²) in [6, 6.07) is 8.50. The number of guanidine groups is 1. The van der Waals surface area contributed by atoms with Crippen LogP contribution < -0.4 is 10.1 Å². The van der Waals surface area contributed by atoms with E-state index in [9.17, 15) is 4.79 Å². The molecule has 8 heteroatoms. The van der Waals surface area contributed by atoms with Gasteiger partial charge in [0, 0.05) is 52.7 Å². The Labute approximate surface area is 210 Å². The second-order valence-corrected chi connectivity index (χ2v) is 8.72. The SMILES string of the molecule is CCNC(=NCCCN1CCCC1C(=O)N(C)C)N1CCC(c2ccc(OC)cc2)C1.I. The molecule has 1 aromatic carbocycles. The van der Waals surface area contributed by atoms with Crippen LogP contribution in [0.15, 0.2) is 29.3 Å². The van der Waals surface area contributed by atoms with Crippen LogP contribution in [0.2, 0.25) is 0 Å². The number of likely N-dealkylation sites (N-methyl/N-ethyl adjacent to an activating group) is 1. The molecule has 0 bridgehead atoms. The first-order chi connectivity index (χ1) is 15.0. The molecule has 2 fully saturated rings. The predicted molar refractivity (Wildman–Crippen MR) is 141 cm³/mol. The third kappa shape index (κ3) is 6.97.